The summed E-state index contributed by atoms with van der Waals surface area (Å²) in [4.78, 5) is 12.3. The van der Waals surface area contributed by atoms with Crippen LogP contribution in [0.25, 0.3) is 0 Å². The van der Waals surface area contributed by atoms with Crippen LogP contribution in [0.4, 0.5) is 0 Å². The maximum Gasteiger partial charge on any atom is 0.220 e. The standard InChI is InChI=1S/C36H69NO3/c1-3-5-7-9-11-13-15-17-18-20-22-24-26-28-30-32-36(40)37-34(33-38)35(39)31-29-27-25-23-21-19-16-14-12-10-8-6-4-2/h17-18,29,31,34-35,38-39H,3-16,19-28,30,32-33H2,1-2H3,(H,37,40)/b18-17-,31-29?. The highest BCUT2D eigenvalue weighted by atomic mass is 16.3. The predicted octanol–water partition coefficient (Wildman–Crippen LogP) is 10.1. The summed E-state index contributed by atoms with van der Waals surface area (Å²) < 4.78 is 0. The smallest absolute Gasteiger partial charge is 0.220 e. The van der Waals surface area contributed by atoms with Crippen molar-refractivity contribution in [2.75, 3.05) is 6.61 Å². The highest BCUT2D eigenvalue weighted by Crippen LogP contribution is 2.13. The number of rotatable bonds is 31. The van der Waals surface area contributed by atoms with Gasteiger partial charge in [0, 0.05) is 6.42 Å². The van der Waals surface area contributed by atoms with Gasteiger partial charge in [-0.1, -0.05) is 154 Å². The molecular formula is C36H69NO3. The van der Waals surface area contributed by atoms with Crippen molar-refractivity contribution in [2.24, 2.45) is 0 Å². The first-order chi connectivity index (χ1) is 19.7. The molecule has 2 atom stereocenters. The summed E-state index contributed by atoms with van der Waals surface area (Å²) in [5.41, 5.74) is 0. The largest absolute Gasteiger partial charge is 0.394 e. The first kappa shape index (κ1) is 38.9. The van der Waals surface area contributed by atoms with E-state index in [1.54, 1.807) is 6.08 Å². The zero-order chi connectivity index (χ0) is 29.4. The Morgan fingerprint density at radius 3 is 1.38 bits per heavy atom. The summed E-state index contributed by atoms with van der Waals surface area (Å²) >= 11 is 0. The number of hydrogen-bond donors (Lipinski definition) is 3. The molecule has 1 amide bonds. The third kappa shape index (κ3) is 28.4. The Morgan fingerprint density at radius 1 is 0.575 bits per heavy atom. The Morgan fingerprint density at radius 2 is 0.950 bits per heavy atom. The second-order valence-electron chi connectivity index (χ2n) is 11.9. The number of unbranched alkanes of at least 4 members (excludes halogenated alkanes) is 22. The lowest BCUT2D eigenvalue weighted by atomic mass is 10.0. The number of amides is 1. The van der Waals surface area contributed by atoms with E-state index in [1.807, 2.05) is 6.08 Å². The van der Waals surface area contributed by atoms with Crippen LogP contribution in [0.3, 0.4) is 0 Å². The second kappa shape index (κ2) is 32.4. The zero-order valence-electron chi connectivity index (χ0n) is 26.9. The summed E-state index contributed by atoms with van der Waals surface area (Å²) in [6.07, 6.45) is 39.7. The topological polar surface area (TPSA) is 69.6 Å². The highest BCUT2D eigenvalue weighted by Gasteiger charge is 2.17. The van der Waals surface area contributed by atoms with E-state index in [0.717, 1.165) is 32.1 Å². The molecule has 0 saturated carbocycles. The van der Waals surface area contributed by atoms with Crippen LogP contribution in [0.1, 0.15) is 181 Å². The molecule has 0 aromatic rings. The Kier molecular flexibility index (Phi) is 31.5. The number of carbonyl (C=O) groups is 1. The van der Waals surface area contributed by atoms with E-state index in [1.165, 1.54) is 128 Å². The van der Waals surface area contributed by atoms with Crippen LogP contribution in [0.5, 0.6) is 0 Å². The minimum absolute atomic E-state index is 0.0745. The number of aliphatic hydroxyl groups is 2. The molecule has 3 N–H and O–H groups in total. The van der Waals surface area contributed by atoms with Crippen molar-refractivity contribution in [1.82, 2.24) is 5.32 Å². The van der Waals surface area contributed by atoms with Gasteiger partial charge in [0.1, 0.15) is 0 Å². The van der Waals surface area contributed by atoms with Crippen molar-refractivity contribution in [3.05, 3.63) is 24.3 Å². The van der Waals surface area contributed by atoms with Crippen molar-refractivity contribution in [3.63, 3.8) is 0 Å². The van der Waals surface area contributed by atoms with Gasteiger partial charge in [-0.05, 0) is 44.9 Å². The summed E-state index contributed by atoms with van der Waals surface area (Å²) in [6, 6.07) is -0.621. The SMILES string of the molecule is CCCCCCCC/C=C\CCCCCCCC(=O)NC(CO)C(O)C=CCCCCCCCCCCCCC. The molecule has 0 aromatic heterocycles. The van der Waals surface area contributed by atoms with Gasteiger partial charge in [0.15, 0.2) is 0 Å². The van der Waals surface area contributed by atoms with E-state index in [9.17, 15) is 15.0 Å². The summed E-state index contributed by atoms with van der Waals surface area (Å²) in [7, 11) is 0. The number of aliphatic hydroxyl groups excluding tert-OH is 2. The van der Waals surface area contributed by atoms with Crippen LogP contribution >= 0.6 is 0 Å². The van der Waals surface area contributed by atoms with Crippen molar-refractivity contribution in [1.29, 1.82) is 0 Å². The highest BCUT2D eigenvalue weighted by molar-refractivity contribution is 5.76. The third-order valence-corrected chi connectivity index (χ3v) is 7.93. The molecule has 0 rings (SSSR count). The van der Waals surface area contributed by atoms with Gasteiger partial charge in [0.2, 0.25) is 5.91 Å². The molecule has 0 aliphatic heterocycles. The van der Waals surface area contributed by atoms with E-state index in [-0.39, 0.29) is 12.5 Å². The first-order valence-electron chi connectivity index (χ1n) is 17.6. The summed E-state index contributed by atoms with van der Waals surface area (Å²) in [6.45, 7) is 4.28. The molecule has 4 heteroatoms. The molecule has 0 radical (unpaired) electrons. The molecule has 0 spiro atoms. The number of hydrogen-bond acceptors (Lipinski definition) is 3. The van der Waals surface area contributed by atoms with Crippen LogP contribution in [0.2, 0.25) is 0 Å². The second-order valence-corrected chi connectivity index (χ2v) is 11.9. The van der Waals surface area contributed by atoms with Gasteiger partial charge >= 0.3 is 0 Å². The fourth-order valence-electron chi connectivity index (χ4n) is 5.17. The monoisotopic (exact) mass is 564 g/mol. The van der Waals surface area contributed by atoms with E-state index in [4.69, 9.17) is 0 Å². The lowest BCUT2D eigenvalue weighted by molar-refractivity contribution is -0.123. The van der Waals surface area contributed by atoms with E-state index < -0.39 is 12.1 Å². The van der Waals surface area contributed by atoms with Crippen molar-refractivity contribution >= 4 is 5.91 Å². The first-order valence-corrected chi connectivity index (χ1v) is 17.6. The molecule has 0 aromatic carbocycles. The van der Waals surface area contributed by atoms with Crippen LogP contribution < -0.4 is 5.32 Å². The molecule has 0 heterocycles. The molecule has 40 heavy (non-hydrogen) atoms. The van der Waals surface area contributed by atoms with Crippen LogP contribution in [0, 0.1) is 0 Å². The van der Waals surface area contributed by atoms with Gasteiger partial charge in [0.25, 0.3) is 0 Å². The molecule has 0 saturated heterocycles. The van der Waals surface area contributed by atoms with Crippen LogP contribution in [-0.2, 0) is 4.79 Å². The maximum atomic E-state index is 12.3. The zero-order valence-corrected chi connectivity index (χ0v) is 26.9. The average molecular weight is 564 g/mol. The molecular weight excluding hydrogens is 494 g/mol. The molecule has 4 nitrogen and oxygen atoms in total. The van der Waals surface area contributed by atoms with Gasteiger partial charge in [-0.25, -0.2) is 0 Å². The molecule has 0 bridgehead atoms. The van der Waals surface area contributed by atoms with E-state index in [0.29, 0.717) is 6.42 Å². The molecule has 0 aliphatic carbocycles. The van der Waals surface area contributed by atoms with Gasteiger partial charge in [-0.2, -0.15) is 0 Å². The molecule has 2 unspecified atom stereocenters. The Hall–Kier alpha value is -1.13. The van der Waals surface area contributed by atoms with Crippen LogP contribution in [0.15, 0.2) is 24.3 Å². The summed E-state index contributed by atoms with van der Waals surface area (Å²) in [5.74, 6) is -0.0745. The van der Waals surface area contributed by atoms with E-state index in [2.05, 4.69) is 31.3 Å². The van der Waals surface area contributed by atoms with Gasteiger partial charge in [-0.15, -0.1) is 0 Å². The lowest BCUT2D eigenvalue weighted by Crippen LogP contribution is -2.45. The Bertz CT molecular complexity index is 574. The number of carbonyl (C=O) groups excluding carboxylic acids is 1. The third-order valence-electron chi connectivity index (χ3n) is 7.93. The van der Waals surface area contributed by atoms with Crippen LogP contribution in [-0.4, -0.2) is 34.9 Å². The minimum Gasteiger partial charge on any atom is -0.394 e. The predicted molar refractivity (Wildman–Crippen MR) is 175 cm³/mol. The quantitative estimate of drug-likeness (QED) is 0.0580. The normalized spacial score (nSPS) is 13.4. The minimum atomic E-state index is -0.837. The maximum absolute atomic E-state index is 12.3. The lowest BCUT2D eigenvalue weighted by Gasteiger charge is -2.20. The Labute approximate surface area is 249 Å². The van der Waals surface area contributed by atoms with Gasteiger partial charge < -0.3 is 15.5 Å². The average Bonchev–Trinajstić information content (AvgIpc) is 2.96. The van der Waals surface area contributed by atoms with Crippen molar-refractivity contribution in [3.8, 4) is 0 Å². The van der Waals surface area contributed by atoms with E-state index >= 15 is 0 Å². The Balaban J connectivity index is 3.65. The summed E-state index contributed by atoms with van der Waals surface area (Å²) in [5, 5.41) is 22.8. The van der Waals surface area contributed by atoms with Gasteiger partial charge in [0.05, 0.1) is 18.8 Å². The van der Waals surface area contributed by atoms with Crippen molar-refractivity contribution in [2.45, 2.75) is 193 Å². The van der Waals surface area contributed by atoms with Crippen molar-refractivity contribution < 1.29 is 15.0 Å². The fourth-order valence-corrected chi connectivity index (χ4v) is 5.17. The fraction of sp³-hybridized carbons (Fsp3) is 0.861. The number of nitrogens with one attached hydrogen (secondary N) is 1. The molecule has 236 valence electrons. The number of allylic oxidation sites excluding steroid dienone is 3. The van der Waals surface area contributed by atoms with Gasteiger partial charge in [-0.3, -0.25) is 4.79 Å². The molecule has 0 fully saturated rings. The molecule has 0 aliphatic rings.